The average Bonchev–Trinajstić information content (AvgIpc) is 2.81. The lowest BCUT2D eigenvalue weighted by atomic mass is 9.53. The van der Waals surface area contributed by atoms with E-state index in [0.717, 1.165) is 0 Å². The van der Waals surface area contributed by atoms with Gasteiger partial charge < -0.3 is 21.3 Å². The standard InChI is InChI=1S/C26H30F3N3O7/c1-10(8-25(27,28)29)32(3)9-12-6-15(31-2)14-5-11-4-13-7-16(33)19(24(30)38)23(37)26(13,39)22(36)17(11)21(35)18(14)20(12)34/h6,10-11,13,17,19,31,34,39H,4-5,7-9H2,1-3H3,(H2,30,38)/t10?,11-,13+,17?,19?,26+/m1/s1. The number of halogens is 3. The highest BCUT2D eigenvalue weighted by atomic mass is 19.4. The van der Waals surface area contributed by atoms with Gasteiger partial charge in [-0.1, -0.05) is 0 Å². The van der Waals surface area contributed by atoms with Gasteiger partial charge in [-0.3, -0.25) is 28.9 Å². The molecule has 1 aromatic carbocycles. The summed E-state index contributed by atoms with van der Waals surface area (Å²) < 4.78 is 38.7. The van der Waals surface area contributed by atoms with E-state index in [1.54, 1.807) is 7.05 Å². The molecule has 39 heavy (non-hydrogen) atoms. The maximum atomic E-state index is 13.8. The van der Waals surface area contributed by atoms with Crippen LogP contribution in [0, 0.1) is 23.7 Å². The zero-order valence-electron chi connectivity index (χ0n) is 21.6. The number of amides is 1. The summed E-state index contributed by atoms with van der Waals surface area (Å²) in [5.41, 5.74) is 3.18. The lowest BCUT2D eigenvalue weighted by molar-refractivity contribution is -0.175. The molecule has 0 bridgehead atoms. The van der Waals surface area contributed by atoms with E-state index in [1.807, 2.05) is 0 Å². The number of hydrogen-bond donors (Lipinski definition) is 4. The summed E-state index contributed by atoms with van der Waals surface area (Å²) in [5.74, 6) is -11.3. The fraction of sp³-hybridized carbons (Fsp3) is 0.577. The van der Waals surface area contributed by atoms with Crippen molar-refractivity contribution in [3.8, 4) is 5.75 Å². The van der Waals surface area contributed by atoms with E-state index < -0.39 is 89.1 Å². The number of alkyl halides is 3. The molecule has 3 aliphatic carbocycles. The quantitative estimate of drug-likeness (QED) is 0.298. The van der Waals surface area contributed by atoms with Crippen LogP contribution in [0.1, 0.15) is 47.7 Å². The van der Waals surface area contributed by atoms with Gasteiger partial charge in [-0.25, -0.2) is 0 Å². The molecule has 0 aromatic heterocycles. The van der Waals surface area contributed by atoms with Gasteiger partial charge in [-0.15, -0.1) is 0 Å². The number of carbonyl (C=O) groups excluding carboxylic acids is 5. The molecule has 0 radical (unpaired) electrons. The third-order valence-corrected chi connectivity index (χ3v) is 8.45. The van der Waals surface area contributed by atoms with Crippen LogP contribution in [0.5, 0.6) is 5.75 Å². The summed E-state index contributed by atoms with van der Waals surface area (Å²) >= 11 is 0. The third kappa shape index (κ3) is 4.61. The number of phenolic OH excluding ortho intramolecular Hbond substituents is 1. The van der Waals surface area contributed by atoms with Crippen molar-refractivity contribution in [2.24, 2.45) is 29.4 Å². The largest absolute Gasteiger partial charge is 0.507 e. The lowest BCUT2D eigenvalue weighted by Gasteiger charge is -2.48. The number of rotatable bonds is 6. The van der Waals surface area contributed by atoms with E-state index in [-0.39, 0.29) is 30.5 Å². The van der Waals surface area contributed by atoms with Gasteiger partial charge in [0.15, 0.2) is 34.7 Å². The number of phenols is 1. The number of aliphatic hydroxyl groups is 1. The molecule has 6 atom stereocenters. The van der Waals surface area contributed by atoms with Crippen LogP contribution in [0.25, 0.3) is 0 Å². The molecule has 1 aromatic rings. The van der Waals surface area contributed by atoms with Crippen LogP contribution < -0.4 is 11.1 Å². The number of nitrogens with two attached hydrogens (primary N) is 1. The third-order valence-electron chi connectivity index (χ3n) is 8.45. The SMILES string of the molecule is CNc1cc(CN(C)C(C)CC(F)(F)F)c(O)c2c1C[C@H]1C[C@H]3CC(=O)C(C(N)=O)C(=O)[C@@]3(O)C(=O)C1C2=O. The van der Waals surface area contributed by atoms with Gasteiger partial charge >= 0.3 is 6.18 Å². The number of ketones is 4. The molecule has 10 nitrogen and oxygen atoms in total. The Morgan fingerprint density at radius 2 is 1.87 bits per heavy atom. The predicted octanol–water partition coefficient (Wildman–Crippen LogP) is 1.14. The molecular weight excluding hydrogens is 523 g/mol. The van der Waals surface area contributed by atoms with Gasteiger partial charge in [0, 0.05) is 43.2 Å². The first-order valence-corrected chi connectivity index (χ1v) is 12.5. The Labute approximate surface area is 221 Å². The van der Waals surface area contributed by atoms with Crippen molar-refractivity contribution in [2.45, 2.75) is 57.0 Å². The Bertz CT molecular complexity index is 1280. The second-order valence-corrected chi connectivity index (χ2v) is 10.9. The lowest BCUT2D eigenvalue weighted by Crippen LogP contribution is -2.68. The molecule has 2 fully saturated rings. The molecular formula is C26H30F3N3O7. The maximum absolute atomic E-state index is 13.8. The predicted molar refractivity (Wildman–Crippen MR) is 130 cm³/mol. The number of carbonyl (C=O) groups is 5. The molecule has 0 saturated heterocycles. The second-order valence-electron chi connectivity index (χ2n) is 10.9. The smallest absolute Gasteiger partial charge is 0.390 e. The number of anilines is 1. The number of benzene rings is 1. The van der Waals surface area contributed by atoms with Crippen molar-refractivity contribution in [2.75, 3.05) is 19.4 Å². The van der Waals surface area contributed by atoms with Crippen LogP contribution in [-0.4, -0.2) is 76.1 Å². The van der Waals surface area contributed by atoms with E-state index in [0.29, 0.717) is 11.3 Å². The van der Waals surface area contributed by atoms with Gasteiger partial charge in [-0.05, 0) is 44.4 Å². The summed E-state index contributed by atoms with van der Waals surface area (Å²) in [6.45, 7) is 1.23. The van der Waals surface area contributed by atoms with E-state index in [2.05, 4.69) is 5.32 Å². The van der Waals surface area contributed by atoms with E-state index >= 15 is 0 Å². The Morgan fingerprint density at radius 3 is 2.44 bits per heavy atom. The fourth-order valence-corrected chi connectivity index (χ4v) is 6.35. The minimum absolute atomic E-state index is 0.0373. The fourth-order valence-electron chi connectivity index (χ4n) is 6.35. The Morgan fingerprint density at radius 1 is 1.23 bits per heavy atom. The maximum Gasteiger partial charge on any atom is 0.390 e. The van der Waals surface area contributed by atoms with Crippen LogP contribution in [0.2, 0.25) is 0 Å². The molecule has 13 heteroatoms. The molecule has 0 spiro atoms. The molecule has 1 amide bonds. The Balaban J connectivity index is 1.73. The number of primary amides is 1. The van der Waals surface area contributed by atoms with Gasteiger partial charge in [0.1, 0.15) is 5.75 Å². The summed E-state index contributed by atoms with van der Waals surface area (Å²) in [6.07, 6.45) is -5.87. The van der Waals surface area contributed by atoms with Gasteiger partial charge in [-0.2, -0.15) is 13.2 Å². The van der Waals surface area contributed by atoms with E-state index in [4.69, 9.17) is 5.73 Å². The zero-order chi connectivity index (χ0) is 29.2. The van der Waals surface area contributed by atoms with Crippen LogP contribution >= 0.6 is 0 Å². The normalized spacial score (nSPS) is 29.5. The summed E-state index contributed by atoms with van der Waals surface area (Å²) in [6, 6.07) is 0.591. The van der Waals surface area contributed by atoms with Crippen LogP contribution in [-0.2, 0) is 32.1 Å². The highest BCUT2D eigenvalue weighted by molar-refractivity contribution is 6.31. The topological polar surface area (TPSA) is 167 Å². The first-order chi connectivity index (χ1) is 18.0. The summed E-state index contributed by atoms with van der Waals surface area (Å²) in [4.78, 5) is 66.0. The molecule has 4 rings (SSSR count). The van der Waals surface area contributed by atoms with Crippen molar-refractivity contribution in [1.29, 1.82) is 0 Å². The van der Waals surface area contributed by atoms with Crippen molar-refractivity contribution in [3.63, 3.8) is 0 Å². The number of nitrogens with zero attached hydrogens (tertiary/aromatic N) is 1. The van der Waals surface area contributed by atoms with Gasteiger partial charge in [0.25, 0.3) is 0 Å². The minimum atomic E-state index is -4.40. The van der Waals surface area contributed by atoms with Crippen LogP contribution in [0.15, 0.2) is 6.07 Å². The van der Waals surface area contributed by atoms with Crippen LogP contribution in [0.4, 0.5) is 18.9 Å². The highest BCUT2D eigenvalue weighted by Crippen LogP contribution is 2.51. The Hall–Kier alpha value is -3.32. The zero-order valence-corrected chi connectivity index (χ0v) is 21.6. The van der Waals surface area contributed by atoms with Crippen molar-refractivity contribution in [1.82, 2.24) is 4.90 Å². The monoisotopic (exact) mass is 553 g/mol. The first kappa shape index (κ1) is 28.7. The number of hydrogen-bond acceptors (Lipinski definition) is 9. The van der Waals surface area contributed by atoms with Gasteiger partial charge in [0.05, 0.1) is 17.9 Å². The summed E-state index contributed by atoms with van der Waals surface area (Å²) in [5, 5.41) is 25.3. The molecule has 2 saturated carbocycles. The van der Waals surface area contributed by atoms with E-state index in [1.165, 1.54) is 24.9 Å². The first-order valence-electron chi connectivity index (χ1n) is 12.5. The van der Waals surface area contributed by atoms with Crippen molar-refractivity contribution < 1.29 is 47.4 Å². The molecule has 5 N–H and O–H groups in total. The number of Topliss-reactive ketones (excluding diaryl/α,β-unsaturated/α-hetero) is 4. The van der Waals surface area contributed by atoms with E-state index in [9.17, 15) is 47.4 Å². The molecule has 0 aliphatic heterocycles. The number of aromatic hydroxyl groups is 1. The molecule has 212 valence electrons. The molecule has 3 unspecified atom stereocenters. The second kappa shape index (κ2) is 9.70. The van der Waals surface area contributed by atoms with Crippen LogP contribution in [0.3, 0.4) is 0 Å². The Kier molecular flexibility index (Phi) is 7.13. The van der Waals surface area contributed by atoms with Crippen molar-refractivity contribution in [3.05, 3.63) is 22.8 Å². The highest BCUT2D eigenvalue weighted by Gasteiger charge is 2.66. The van der Waals surface area contributed by atoms with Gasteiger partial charge in [0.2, 0.25) is 5.91 Å². The average molecular weight is 554 g/mol. The number of nitrogens with one attached hydrogen (secondary N) is 1. The summed E-state index contributed by atoms with van der Waals surface area (Å²) in [7, 11) is 3.01. The number of fused-ring (bicyclic) bond motifs is 3. The molecule has 0 heterocycles. The van der Waals surface area contributed by atoms with Crippen molar-refractivity contribution >= 4 is 34.7 Å². The minimum Gasteiger partial charge on any atom is -0.507 e. The molecule has 3 aliphatic rings.